The molecule has 6 nitrogen and oxygen atoms in total. The van der Waals surface area contributed by atoms with Gasteiger partial charge in [-0.05, 0) is 37.3 Å². The summed E-state index contributed by atoms with van der Waals surface area (Å²) < 4.78 is 27.1. The Labute approximate surface area is 166 Å². The molecule has 0 unspecified atom stereocenters. The Balaban J connectivity index is 0.00000261. The Morgan fingerprint density at radius 1 is 1.15 bits per heavy atom. The number of nitrogens with one attached hydrogen (secondary N) is 1. The zero-order valence-electron chi connectivity index (χ0n) is 15.3. The molecule has 2 aromatic rings. The lowest BCUT2D eigenvalue weighted by Gasteiger charge is -2.34. The van der Waals surface area contributed by atoms with Crippen LogP contribution >= 0.6 is 12.4 Å². The van der Waals surface area contributed by atoms with Gasteiger partial charge in [-0.25, -0.2) is 8.42 Å². The van der Waals surface area contributed by atoms with Crippen LogP contribution in [0.25, 0.3) is 0 Å². The van der Waals surface area contributed by atoms with Gasteiger partial charge in [-0.3, -0.25) is 9.10 Å². The molecule has 3 rings (SSSR count). The van der Waals surface area contributed by atoms with Crippen molar-refractivity contribution < 1.29 is 13.2 Å². The molecule has 0 aliphatic carbocycles. The molecule has 1 heterocycles. The summed E-state index contributed by atoms with van der Waals surface area (Å²) in [4.78, 5) is 14.7. The van der Waals surface area contributed by atoms with Crippen molar-refractivity contribution in [3.63, 3.8) is 0 Å². The number of anilines is 1. The highest BCUT2D eigenvalue weighted by Crippen LogP contribution is 2.23. The van der Waals surface area contributed by atoms with Crippen molar-refractivity contribution in [2.75, 3.05) is 31.0 Å². The van der Waals surface area contributed by atoms with Crippen LogP contribution in [-0.4, -0.2) is 51.9 Å². The first-order valence-corrected chi connectivity index (χ1v) is 10.0. The van der Waals surface area contributed by atoms with Crippen molar-refractivity contribution in [2.24, 2.45) is 0 Å². The number of halogens is 1. The molecule has 1 amide bonds. The molecule has 2 aromatic carbocycles. The summed E-state index contributed by atoms with van der Waals surface area (Å²) in [5, 5.41) is 3.24. The van der Waals surface area contributed by atoms with E-state index in [2.05, 4.69) is 5.32 Å². The third kappa shape index (κ3) is 4.43. The summed E-state index contributed by atoms with van der Waals surface area (Å²) in [5.41, 5.74) is 0.959. The predicted octanol–water partition coefficient (Wildman–Crippen LogP) is 2.37. The van der Waals surface area contributed by atoms with Crippen molar-refractivity contribution >= 4 is 34.0 Å². The zero-order chi connectivity index (χ0) is 18.7. The van der Waals surface area contributed by atoms with Crippen molar-refractivity contribution in [1.29, 1.82) is 0 Å². The number of carbonyl (C=O) groups excluding carboxylic acids is 1. The van der Waals surface area contributed by atoms with E-state index in [-0.39, 0.29) is 29.3 Å². The monoisotopic (exact) mass is 409 g/mol. The van der Waals surface area contributed by atoms with E-state index in [0.29, 0.717) is 17.8 Å². The summed E-state index contributed by atoms with van der Waals surface area (Å²) in [7, 11) is -2.23. The van der Waals surface area contributed by atoms with E-state index >= 15 is 0 Å². The first kappa shape index (κ1) is 21.2. The highest BCUT2D eigenvalue weighted by atomic mass is 35.5. The largest absolute Gasteiger partial charge is 0.333 e. The number of sulfonamides is 1. The molecule has 1 saturated heterocycles. The first-order valence-electron chi connectivity index (χ1n) is 8.57. The summed E-state index contributed by atoms with van der Waals surface area (Å²) in [6.07, 6.45) is 0. The lowest BCUT2D eigenvalue weighted by Crippen LogP contribution is -2.52. The van der Waals surface area contributed by atoms with Crippen LogP contribution < -0.4 is 9.62 Å². The van der Waals surface area contributed by atoms with E-state index in [9.17, 15) is 13.2 Å². The van der Waals surface area contributed by atoms with Gasteiger partial charge in [0.25, 0.3) is 15.9 Å². The van der Waals surface area contributed by atoms with Gasteiger partial charge >= 0.3 is 0 Å². The van der Waals surface area contributed by atoms with E-state index in [1.807, 2.05) is 13.0 Å². The molecule has 8 heteroatoms. The molecule has 1 N–H and O–H groups in total. The second-order valence-corrected chi connectivity index (χ2v) is 8.36. The minimum Gasteiger partial charge on any atom is -0.333 e. The molecule has 1 aliphatic heterocycles. The molecule has 0 spiro atoms. The molecule has 1 fully saturated rings. The number of nitrogens with zero attached hydrogens (tertiary/aromatic N) is 2. The van der Waals surface area contributed by atoms with Gasteiger partial charge in [-0.2, -0.15) is 0 Å². The lowest BCUT2D eigenvalue weighted by molar-refractivity contribution is 0.0655. The highest BCUT2D eigenvalue weighted by Gasteiger charge is 2.26. The second kappa shape index (κ2) is 8.73. The minimum absolute atomic E-state index is 0. The van der Waals surface area contributed by atoms with Gasteiger partial charge in [-0.1, -0.05) is 24.3 Å². The third-order valence-corrected chi connectivity index (χ3v) is 6.40. The Bertz CT molecular complexity index is 890. The van der Waals surface area contributed by atoms with Crippen LogP contribution in [0.5, 0.6) is 0 Å². The number of hydrogen-bond donors (Lipinski definition) is 1. The maximum Gasteiger partial charge on any atom is 0.264 e. The maximum atomic E-state index is 12.9. The summed E-state index contributed by atoms with van der Waals surface area (Å²) in [6.45, 7) is 4.07. The predicted molar refractivity (Wildman–Crippen MR) is 109 cm³/mol. The Kier molecular flexibility index (Phi) is 6.86. The third-order valence-electron chi connectivity index (χ3n) is 4.62. The molecule has 0 radical (unpaired) electrons. The van der Waals surface area contributed by atoms with Crippen molar-refractivity contribution in [1.82, 2.24) is 10.2 Å². The van der Waals surface area contributed by atoms with Crippen molar-refractivity contribution in [3.8, 4) is 0 Å². The van der Waals surface area contributed by atoms with E-state index in [1.54, 1.807) is 41.3 Å². The van der Waals surface area contributed by atoms with Gasteiger partial charge in [0.1, 0.15) is 0 Å². The fourth-order valence-electron chi connectivity index (χ4n) is 3.03. The molecule has 27 heavy (non-hydrogen) atoms. The number of para-hydroxylation sites is 1. The fourth-order valence-corrected chi connectivity index (χ4v) is 4.27. The molecule has 1 atom stereocenters. The van der Waals surface area contributed by atoms with Crippen LogP contribution in [0.1, 0.15) is 17.3 Å². The second-order valence-electron chi connectivity index (χ2n) is 6.39. The van der Waals surface area contributed by atoms with Crippen LogP contribution in [0.2, 0.25) is 0 Å². The van der Waals surface area contributed by atoms with Gasteiger partial charge in [0.05, 0.1) is 10.6 Å². The van der Waals surface area contributed by atoms with E-state index in [1.165, 1.54) is 23.5 Å². The smallest absolute Gasteiger partial charge is 0.264 e. The summed E-state index contributed by atoms with van der Waals surface area (Å²) in [5.74, 6) is -0.140. The minimum atomic E-state index is -3.74. The number of benzene rings is 2. The molecular formula is C19H24ClN3O3S. The summed E-state index contributed by atoms with van der Waals surface area (Å²) >= 11 is 0. The van der Waals surface area contributed by atoms with E-state index in [0.717, 1.165) is 13.1 Å². The Morgan fingerprint density at radius 3 is 2.52 bits per heavy atom. The van der Waals surface area contributed by atoms with Crippen LogP contribution in [0.15, 0.2) is 59.5 Å². The zero-order valence-corrected chi connectivity index (χ0v) is 17.0. The van der Waals surface area contributed by atoms with Gasteiger partial charge in [-0.15, -0.1) is 12.4 Å². The number of amides is 1. The van der Waals surface area contributed by atoms with Crippen LogP contribution in [0, 0.1) is 0 Å². The Hall–Kier alpha value is -2.09. The van der Waals surface area contributed by atoms with Crippen molar-refractivity contribution in [3.05, 3.63) is 60.2 Å². The number of rotatable bonds is 4. The molecule has 0 saturated carbocycles. The molecule has 1 aliphatic rings. The quantitative estimate of drug-likeness (QED) is 0.841. The SMILES string of the molecule is C[C@@H]1CNCCN1C(=O)c1cccc(S(=O)(=O)N(C)c2ccccc2)c1.Cl. The average molecular weight is 410 g/mol. The van der Waals surface area contributed by atoms with Crippen LogP contribution in [0.3, 0.4) is 0 Å². The number of hydrogen-bond acceptors (Lipinski definition) is 4. The summed E-state index contributed by atoms with van der Waals surface area (Å²) in [6, 6.07) is 15.2. The first-order chi connectivity index (χ1) is 12.4. The number of piperazine rings is 1. The molecular weight excluding hydrogens is 386 g/mol. The molecule has 0 bridgehead atoms. The normalized spacial score (nSPS) is 17.1. The molecule has 0 aromatic heterocycles. The van der Waals surface area contributed by atoms with Gasteiger partial charge in [0.15, 0.2) is 0 Å². The maximum absolute atomic E-state index is 12.9. The lowest BCUT2D eigenvalue weighted by atomic mass is 10.1. The van der Waals surface area contributed by atoms with Crippen molar-refractivity contribution in [2.45, 2.75) is 17.9 Å². The highest BCUT2D eigenvalue weighted by molar-refractivity contribution is 7.92. The fraction of sp³-hybridized carbons (Fsp3) is 0.316. The van der Waals surface area contributed by atoms with Crippen LogP contribution in [-0.2, 0) is 10.0 Å². The van der Waals surface area contributed by atoms with E-state index in [4.69, 9.17) is 0 Å². The standard InChI is InChI=1S/C19H23N3O3S.ClH/c1-15-14-20-11-12-22(15)19(23)16-7-6-10-18(13-16)26(24,25)21(2)17-8-4-3-5-9-17;/h3-10,13,15,20H,11-12,14H2,1-2H3;1H/t15-;/m1./s1. The van der Waals surface area contributed by atoms with Gasteiger partial charge in [0, 0.05) is 38.3 Å². The van der Waals surface area contributed by atoms with Crippen LogP contribution in [0.4, 0.5) is 5.69 Å². The van der Waals surface area contributed by atoms with Gasteiger partial charge < -0.3 is 10.2 Å². The topological polar surface area (TPSA) is 69.7 Å². The van der Waals surface area contributed by atoms with Gasteiger partial charge in [0.2, 0.25) is 0 Å². The van der Waals surface area contributed by atoms with E-state index < -0.39 is 10.0 Å². The number of carbonyl (C=O) groups is 1. The average Bonchev–Trinajstić information content (AvgIpc) is 2.68. The molecule has 146 valence electrons. The Morgan fingerprint density at radius 2 is 1.85 bits per heavy atom.